The van der Waals surface area contributed by atoms with Crippen molar-refractivity contribution >= 4 is 27.8 Å². The number of hydrogen-bond acceptors (Lipinski definition) is 9. The first-order valence-corrected chi connectivity index (χ1v) is 14.4. The van der Waals surface area contributed by atoms with Gasteiger partial charge in [0, 0.05) is 31.6 Å². The van der Waals surface area contributed by atoms with Gasteiger partial charge in [0.15, 0.2) is 0 Å². The summed E-state index contributed by atoms with van der Waals surface area (Å²) in [7, 11) is -4.40. The number of hydrogen-bond donors (Lipinski definition) is 2. The monoisotopic (exact) mass is 663 g/mol. The highest BCUT2D eigenvalue weighted by Crippen LogP contribution is 2.31. The first-order valence-electron chi connectivity index (χ1n) is 13.0. The van der Waals surface area contributed by atoms with Gasteiger partial charge in [0.1, 0.15) is 18.3 Å². The van der Waals surface area contributed by atoms with Crippen LogP contribution in [-0.4, -0.2) is 86.9 Å². The van der Waals surface area contributed by atoms with Gasteiger partial charge in [0.05, 0.1) is 4.90 Å². The number of carboxylic acid groups (broad SMARTS) is 1. The molecule has 2 aromatic carbocycles. The second-order valence-electron chi connectivity index (χ2n) is 9.44. The molecular formula is C25H28F5N8O6S-. The number of aliphatic carboxylic acids is 1. The zero-order chi connectivity index (χ0) is 33.6. The lowest BCUT2D eigenvalue weighted by atomic mass is 10.0. The summed E-state index contributed by atoms with van der Waals surface area (Å²) in [6, 6.07) is 7.65. The van der Waals surface area contributed by atoms with Crippen molar-refractivity contribution in [2.75, 3.05) is 25.4 Å². The van der Waals surface area contributed by atoms with Gasteiger partial charge in [-0.05, 0) is 29.5 Å². The topological polar surface area (TPSA) is 198 Å². The fourth-order valence-corrected chi connectivity index (χ4v) is 5.61. The molecule has 4 rings (SSSR count). The second-order valence-corrected chi connectivity index (χ2v) is 11.3. The Balaban J connectivity index is 0.000000355. The van der Waals surface area contributed by atoms with Gasteiger partial charge >= 0.3 is 12.3 Å². The van der Waals surface area contributed by atoms with E-state index >= 15 is 0 Å². The number of ether oxygens (including phenoxy) is 1. The van der Waals surface area contributed by atoms with Crippen molar-refractivity contribution in [3.05, 3.63) is 65.4 Å². The maximum atomic E-state index is 13.1. The summed E-state index contributed by atoms with van der Waals surface area (Å²) in [6.45, 7) is 0.243. The van der Waals surface area contributed by atoms with Crippen LogP contribution < -0.4 is 10.5 Å². The number of carbonyl (C=O) groups is 2. The molecule has 0 unspecified atom stereocenters. The van der Waals surface area contributed by atoms with Crippen molar-refractivity contribution in [1.29, 1.82) is 0 Å². The van der Waals surface area contributed by atoms with E-state index in [1.807, 2.05) is 0 Å². The largest absolute Gasteiger partial charge is 0.674 e. The summed E-state index contributed by atoms with van der Waals surface area (Å²) in [5, 5.41) is 20.1. The number of amides is 1. The molecule has 3 aromatic rings. The van der Waals surface area contributed by atoms with E-state index in [0.717, 1.165) is 39.5 Å². The van der Waals surface area contributed by atoms with Crippen LogP contribution in [-0.2, 0) is 38.6 Å². The first-order chi connectivity index (χ1) is 21.0. The number of nitrogen functional groups attached to an aromatic ring is 1. The Kier molecular flexibility index (Phi) is 11.0. The fraction of sp³-hybridized carbons (Fsp3) is 0.400. The number of alkyl halides is 5. The third-order valence-electron chi connectivity index (χ3n) is 6.40. The van der Waals surface area contributed by atoms with Crippen molar-refractivity contribution in [3.8, 4) is 5.75 Å². The Morgan fingerprint density at radius 1 is 1.07 bits per heavy atom. The average molecular weight is 664 g/mol. The molecule has 1 fully saturated rings. The molecule has 1 aliphatic heterocycles. The molecule has 1 atom stereocenters. The SMILES string of the molecule is CCC(F)(F)c1ccc(C[NH-])cc1.Nc1nnn(CC(=O)N2CCN(S(=O)(=O)c3ccc(OC(F)(F)F)cc3)[C@@H](C(=O)O)C2)n1. The van der Waals surface area contributed by atoms with Gasteiger partial charge < -0.3 is 26.2 Å². The first kappa shape index (κ1) is 35.1. The number of sulfonamides is 1. The molecule has 0 saturated carbocycles. The highest BCUT2D eigenvalue weighted by atomic mass is 32.2. The van der Waals surface area contributed by atoms with E-state index in [4.69, 9.17) is 11.5 Å². The zero-order valence-electron chi connectivity index (χ0n) is 23.5. The van der Waals surface area contributed by atoms with Gasteiger partial charge in [-0.3, -0.25) is 9.59 Å². The fourth-order valence-electron chi connectivity index (χ4n) is 4.04. The number of nitrogens with one attached hydrogen (secondary N) is 1. The van der Waals surface area contributed by atoms with Gasteiger partial charge in [-0.15, -0.1) is 24.8 Å². The minimum absolute atomic E-state index is 0.0344. The smallest absolute Gasteiger partial charge is 0.573 e. The van der Waals surface area contributed by atoms with Crippen LogP contribution in [0.5, 0.6) is 5.75 Å². The number of carboxylic acids is 1. The number of nitrogens with two attached hydrogens (primary N) is 1. The van der Waals surface area contributed by atoms with Crippen LogP contribution in [0, 0.1) is 0 Å². The van der Waals surface area contributed by atoms with Gasteiger partial charge in [-0.2, -0.15) is 9.10 Å². The number of benzene rings is 2. The number of anilines is 1. The standard InChI is InChI=1S/C15H16F3N7O6S.C10H12F2N/c16-15(17,18)31-9-1-3-10(4-2-9)32(29,30)24-6-5-23(7-11(24)13(27)28)12(26)8-25-21-14(19)20-22-25;1-2-10(11,12)9-5-3-8(7-13)4-6-9/h1-4,11H,5-8H2,(H2,19,21)(H,27,28);3-6,13H,2,7H2,1H3/q;-1/t11-;/m1./s1. The summed E-state index contributed by atoms with van der Waals surface area (Å²) < 4.78 is 93.2. The van der Waals surface area contributed by atoms with E-state index in [-0.39, 0.29) is 44.1 Å². The minimum Gasteiger partial charge on any atom is -0.674 e. The summed E-state index contributed by atoms with van der Waals surface area (Å²) in [6.07, 6.45) is -5.14. The summed E-state index contributed by atoms with van der Waals surface area (Å²) in [4.78, 5) is 25.8. The molecule has 246 valence electrons. The van der Waals surface area contributed by atoms with Gasteiger partial charge in [0.25, 0.3) is 11.9 Å². The van der Waals surface area contributed by atoms with Crippen molar-refractivity contribution in [2.45, 2.75) is 49.7 Å². The van der Waals surface area contributed by atoms with Crippen LogP contribution in [0.25, 0.3) is 5.73 Å². The zero-order valence-corrected chi connectivity index (χ0v) is 24.3. The Morgan fingerprint density at radius 2 is 1.69 bits per heavy atom. The van der Waals surface area contributed by atoms with Gasteiger partial charge in [-0.25, -0.2) is 17.2 Å². The molecule has 14 nitrogen and oxygen atoms in total. The summed E-state index contributed by atoms with van der Waals surface area (Å²) in [5.41, 5.74) is 13.1. The molecule has 1 aromatic heterocycles. The molecule has 45 heavy (non-hydrogen) atoms. The van der Waals surface area contributed by atoms with Crippen molar-refractivity contribution < 1.29 is 49.8 Å². The number of piperazine rings is 1. The Morgan fingerprint density at radius 3 is 2.18 bits per heavy atom. The number of nitrogens with zero attached hydrogens (tertiary/aromatic N) is 6. The van der Waals surface area contributed by atoms with Gasteiger partial charge in [-0.1, -0.05) is 41.9 Å². The summed E-state index contributed by atoms with van der Waals surface area (Å²) >= 11 is 0. The predicted molar refractivity (Wildman–Crippen MR) is 146 cm³/mol. The molecule has 0 radical (unpaired) electrons. The van der Waals surface area contributed by atoms with Crippen LogP contribution in [0.1, 0.15) is 24.5 Å². The van der Waals surface area contributed by atoms with E-state index < -0.39 is 57.4 Å². The molecule has 1 saturated heterocycles. The molecule has 4 N–H and O–H groups in total. The molecule has 1 amide bonds. The Labute approximate surface area is 253 Å². The van der Waals surface area contributed by atoms with Crippen LogP contribution >= 0.6 is 0 Å². The van der Waals surface area contributed by atoms with E-state index in [0.29, 0.717) is 4.31 Å². The maximum Gasteiger partial charge on any atom is 0.573 e. The van der Waals surface area contributed by atoms with Crippen molar-refractivity contribution in [2.24, 2.45) is 0 Å². The second kappa shape index (κ2) is 14.1. The number of carbonyl (C=O) groups excluding carboxylic acids is 1. The Bertz CT molecular complexity index is 1570. The van der Waals surface area contributed by atoms with Gasteiger partial charge in [0.2, 0.25) is 15.9 Å². The van der Waals surface area contributed by atoms with Crippen molar-refractivity contribution in [1.82, 2.24) is 29.4 Å². The minimum atomic E-state index is -4.95. The molecule has 1 aliphatic rings. The highest BCUT2D eigenvalue weighted by molar-refractivity contribution is 7.89. The molecule has 20 heteroatoms. The number of aromatic nitrogens is 4. The lowest BCUT2D eigenvalue weighted by molar-refractivity contribution is -0.274. The predicted octanol–water partition coefficient (Wildman–Crippen LogP) is 2.88. The summed E-state index contributed by atoms with van der Waals surface area (Å²) in [5.74, 6) is -5.63. The van der Waals surface area contributed by atoms with Crippen LogP contribution in [0.3, 0.4) is 0 Å². The van der Waals surface area contributed by atoms with Crippen LogP contribution in [0.15, 0.2) is 53.4 Å². The van der Waals surface area contributed by atoms with Crippen LogP contribution in [0.4, 0.5) is 27.9 Å². The molecule has 2 heterocycles. The molecular weight excluding hydrogens is 635 g/mol. The molecule has 0 spiro atoms. The van der Waals surface area contributed by atoms with E-state index in [2.05, 4.69) is 20.1 Å². The normalized spacial score (nSPS) is 16.1. The average Bonchev–Trinajstić information content (AvgIpc) is 3.40. The third-order valence-corrected chi connectivity index (χ3v) is 8.32. The van der Waals surface area contributed by atoms with Crippen LogP contribution in [0.2, 0.25) is 0 Å². The van der Waals surface area contributed by atoms with E-state index in [9.17, 15) is 45.1 Å². The van der Waals surface area contributed by atoms with E-state index in [1.165, 1.54) is 19.1 Å². The molecule has 0 bridgehead atoms. The maximum absolute atomic E-state index is 13.1. The van der Waals surface area contributed by atoms with Crippen molar-refractivity contribution in [3.63, 3.8) is 0 Å². The number of halogens is 5. The third kappa shape index (κ3) is 9.28. The number of tetrazole rings is 1. The lowest BCUT2D eigenvalue weighted by Crippen LogP contribution is -2.59. The Hall–Kier alpha value is -4.43. The lowest BCUT2D eigenvalue weighted by Gasteiger charge is -2.38. The molecule has 0 aliphatic carbocycles. The quantitative estimate of drug-likeness (QED) is 0.321. The van der Waals surface area contributed by atoms with E-state index in [1.54, 1.807) is 12.1 Å². The number of rotatable bonds is 9. The highest BCUT2D eigenvalue weighted by Gasteiger charge is 2.41.